The van der Waals surface area contributed by atoms with Crippen molar-refractivity contribution in [1.82, 2.24) is 10.2 Å². The molecule has 2 unspecified atom stereocenters. The van der Waals surface area contributed by atoms with E-state index in [0.717, 1.165) is 37.7 Å². The maximum atomic E-state index is 12.8. The zero-order chi connectivity index (χ0) is 15.5. The van der Waals surface area contributed by atoms with E-state index in [0.29, 0.717) is 18.5 Å². The van der Waals surface area contributed by atoms with Crippen molar-refractivity contribution in [3.05, 3.63) is 35.4 Å². The molecule has 118 valence electrons. The van der Waals surface area contributed by atoms with E-state index in [-0.39, 0.29) is 0 Å². The van der Waals surface area contributed by atoms with Crippen LogP contribution in [0.5, 0.6) is 0 Å². The van der Waals surface area contributed by atoms with Crippen molar-refractivity contribution in [3.8, 4) is 0 Å². The van der Waals surface area contributed by atoms with E-state index < -0.39 is 11.7 Å². The molecule has 0 aliphatic carbocycles. The Bertz CT molecular complexity index is 459. The summed E-state index contributed by atoms with van der Waals surface area (Å²) in [4.78, 5) is 2.26. The van der Waals surface area contributed by atoms with Crippen molar-refractivity contribution in [2.24, 2.45) is 5.92 Å². The van der Waals surface area contributed by atoms with Crippen LogP contribution in [0.2, 0.25) is 0 Å². The van der Waals surface area contributed by atoms with Crippen LogP contribution in [0.4, 0.5) is 13.2 Å². The molecule has 21 heavy (non-hydrogen) atoms. The molecule has 1 heterocycles. The molecule has 1 aromatic rings. The van der Waals surface area contributed by atoms with Crippen LogP contribution in [-0.2, 0) is 12.7 Å². The van der Waals surface area contributed by atoms with Gasteiger partial charge in [-0.2, -0.15) is 13.2 Å². The third-order valence-corrected chi connectivity index (χ3v) is 3.92. The number of hydrogen-bond acceptors (Lipinski definition) is 2. The van der Waals surface area contributed by atoms with Crippen molar-refractivity contribution >= 4 is 0 Å². The molecule has 1 fully saturated rings. The van der Waals surface area contributed by atoms with E-state index >= 15 is 0 Å². The van der Waals surface area contributed by atoms with E-state index in [1.54, 1.807) is 6.07 Å². The summed E-state index contributed by atoms with van der Waals surface area (Å²) in [6, 6.07) is 6.13. The first-order chi connectivity index (χ1) is 9.84. The lowest BCUT2D eigenvalue weighted by Crippen LogP contribution is -2.42. The summed E-state index contributed by atoms with van der Waals surface area (Å²) < 4.78 is 38.3. The highest BCUT2D eigenvalue weighted by molar-refractivity contribution is 5.25. The SMILES string of the molecule is CC1CNC(C)CCN(Cc2cccc(C(F)(F)F)c2)C1. The van der Waals surface area contributed by atoms with Gasteiger partial charge in [0.25, 0.3) is 0 Å². The Hall–Kier alpha value is -1.07. The topological polar surface area (TPSA) is 15.3 Å². The number of alkyl halides is 3. The number of benzene rings is 1. The molecule has 0 saturated carbocycles. The first kappa shape index (κ1) is 16.3. The molecule has 0 spiro atoms. The van der Waals surface area contributed by atoms with Gasteiger partial charge in [-0.25, -0.2) is 0 Å². The van der Waals surface area contributed by atoms with E-state index in [1.807, 2.05) is 0 Å². The van der Waals surface area contributed by atoms with Gasteiger partial charge < -0.3 is 5.32 Å². The van der Waals surface area contributed by atoms with Crippen molar-refractivity contribution in [1.29, 1.82) is 0 Å². The van der Waals surface area contributed by atoms with Gasteiger partial charge in [0.05, 0.1) is 5.56 Å². The van der Waals surface area contributed by atoms with Gasteiger partial charge in [0.15, 0.2) is 0 Å². The van der Waals surface area contributed by atoms with Crippen LogP contribution < -0.4 is 5.32 Å². The molecular formula is C16H23F3N2. The average molecular weight is 300 g/mol. The molecule has 2 atom stereocenters. The monoisotopic (exact) mass is 300 g/mol. The third-order valence-electron chi connectivity index (χ3n) is 3.92. The Morgan fingerprint density at radius 1 is 1.29 bits per heavy atom. The molecule has 0 amide bonds. The standard InChI is InChI=1S/C16H23F3N2/c1-12-9-20-13(2)6-7-21(10-12)11-14-4-3-5-15(8-14)16(17,18)19/h3-5,8,12-13,20H,6-7,9-11H2,1-2H3. The van der Waals surface area contributed by atoms with E-state index in [1.165, 1.54) is 12.1 Å². The van der Waals surface area contributed by atoms with Crippen LogP contribution in [0.25, 0.3) is 0 Å². The maximum Gasteiger partial charge on any atom is 0.416 e. The molecule has 1 aromatic carbocycles. The summed E-state index contributed by atoms with van der Waals surface area (Å²) >= 11 is 0. The van der Waals surface area contributed by atoms with Crippen molar-refractivity contribution in [3.63, 3.8) is 0 Å². The second-order valence-electron chi connectivity index (χ2n) is 6.14. The minimum Gasteiger partial charge on any atom is -0.314 e. The highest BCUT2D eigenvalue weighted by Gasteiger charge is 2.30. The molecule has 1 aliphatic rings. The Labute approximate surface area is 124 Å². The third kappa shape index (κ3) is 5.00. The Kier molecular flexibility index (Phi) is 5.27. The highest BCUT2D eigenvalue weighted by Crippen LogP contribution is 2.29. The Balaban J connectivity index is 2.05. The summed E-state index contributed by atoms with van der Waals surface area (Å²) in [5, 5.41) is 3.47. The number of hydrogen-bond donors (Lipinski definition) is 1. The summed E-state index contributed by atoms with van der Waals surface area (Å²) in [6.07, 6.45) is -3.25. The smallest absolute Gasteiger partial charge is 0.314 e. The van der Waals surface area contributed by atoms with Gasteiger partial charge in [0.1, 0.15) is 0 Å². The zero-order valence-corrected chi connectivity index (χ0v) is 12.6. The lowest BCUT2D eigenvalue weighted by molar-refractivity contribution is -0.137. The fourth-order valence-electron chi connectivity index (χ4n) is 2.73. The lowest BCUT2D eigenvalue weighted by Gasteiger charge is -2.31. The minimum atomic E-state index is -4.27. The van der Waals surface area contributed by atoms with Gasteiger partial charge in [-0.15, -0.1) is 0 Å². The van der Waals surface area contributed by atoms with Crippen LogP contribution in [0, 0.1) is 5.92 Å². The largest absolute Gasteiger partial charge is 0.416 e. The first-order valence-electron chi connectivity index (χ1n) is 7.46. The highest BCUT2D eigenvalue weighted by atomic mass is 19.4. The van der Waals surface area contributed by atoms with Crippen molar-refractivity contribution in [2.45, 2.75) is 39.0 Å². The van der Waals surface area contributed by atoms with E-state index in [9.17, 15) is 13.2 Å². The van der Waals surface area contributed by atoms with Gasteiger partial charge in [0, 0.05) is 19.1 Å². The number of nitrogens with one attached hydrogen (secondary N) is 1. The van der Waals surface area contributed by atoms with Gasteiger partial charge in [-0.05, 0) is 44.0 Å². The second kappa shape index (κ2) is 6.79. The second-order valence-corrected chi connectivity index (χ2v) is 6.14. The molecule has 5 heteroatoms. The normalized spacial score (nSPS) is 25.4. The maximum absolute atomic E-state index is 12.8. The summed E-state index contributed by atoms with van der Waals surface area (Å²) in [5.74, 6) is 0.499. The lowest BCUT2D eigenvalue weighted by atomic mass is 10.1. The molecule has 0 aromatic heterocycles. The van der Waals surface area contributed by atoms with Gasteiger partial charge >= 0.3 is 6.18 Å². The van der Waals surface area contributed by atoms with Crippen molar-refractivity contribution < 1.29 is 13.2 Å². The molecule has 1 N–H and O–H groups in total. The van der Waals surface area contributed by atoms with Crippen LogP contribution in [0.1, 0.15) is 31.4 Å². The molecule has 1 saturated heterocycles. The van der Waals surface area contributed by atoms with Crippen LogP contribution in [0.3, 0.4) is 0 Å². The first-order valence-corrected chi connectivity index (χ1v) is 7.46. The van der Waals surface area contributed by atoms with Crippen LogP contribution >= 0.6 is 0 Å². The van der Waals surface area contributed by atoms with Gasteiger partial charge in [-0.1, -0.05) is 25.1 Å². The Morgan fingerprint density at radius 3 is 2.76 bits per heavy atom. The predicted molar refractivity (Wildman–Crippen MR) is 78.0 cm³/mol. The fraction of sp³-hybridized carbons (Fsp3) is 0.625. The molecular weight excluding hydrogens is 277 g/mol. The zero-order valence-electron chi connectivity index (χ0n) is 12.6. The molecule has 0 bridgehead atoms. The molecule has 2 nitrogen and oxygen atoms in total. The quantitative estimate of drug-likeness (QED) is 0.899. The summed E-state index contributed by atoms with van der Waals surface area (Å²) in [5.41, 5.74) is 0.174. The van der Waals surface area contributed by atoms with Gasteiger partial charge in [0.2, 0.25) is 0 Å². The van der Waals surface area contributed by atoms with E-state index in [2.05, 4.69) is 24.1 Å². The summed E-state index contributed by atoms with van der Waals surface area (Å²) in [7, 11) is 0. The Morgan fingerprint density at radius 2 is 2.05 bits per heavy atom. The minimum absolute atomic E-state index is 0.455. The average Bonchev–Trinajstić information content (AvgIpc) is 2.40. The van der Waals surface area contributed by atoms with E-state index in [4.69, 9.17) is 0 Å². The molecule has 0 radical (unpaired) electrons. The number of nitrogens with zero attached hydrogens (tertiary/aromatic N) is 1. The fourth-order valence-corrected chi connectivity index (χ4v) is 2.73. The van der Waals surface area contributed by atoms with Gasteiger partial charge in [-0.3, -0.25) is 4.90 Å². The summed E-state index contributed by atoms with van der Waals surface area (Å²) in [6.45, 7) is 7.69. The molecule has 2 rings (SSSR count). The molecule has 1 aliphatic heterocycles. The van der Waals surface area contributed by atoms with Crippen molar-refractivity contribution in [2.75, 3.05) is 19.6 Å². The number of halogens is 3. The van der Waals surface area contributed by atoms with Crippen LogP contribution in [-0.4, -0.2) is 30.6 Å². The predicted octanol–water partition coefficient (Wildman–Crippen LogP) is 3.53. The van der Waals surface area contributed by atoms with Crippen LogP contribution in [0.15, 0.2) is 24.3 Å². The number of rotatable bonds is 2.